The fourth-order valence-corrected chi connectivity index (χ4v) is 4.23. The van der Waals surface area contributed by atoms with Crippen molar-refractivity contribution in [3.63, 3.8) is 0 Å². The topological polar surface area (TPSA) is 55.0 Å². The van der Waals surface area contributed by atoms with Crippen LogP contribution in [0.1, 0.15) is 28.3 Å². The molecule has 0 amide bonds. The molecule has 0 unspecified atom stereocenters. The number of ether oxygens (including phenoxy) is 1. The summed E-state index contributed by atoms with van der Waals surface area (Å²) in [5, 5.41) is 0. The van der Waals surface area contributed by atoms with Crippen molar-refractivity contribution in [2.75, 3.05) is 0 Å². The lowest BCUT2D eigenvalue weighted by molar-refractivity contribution is -0.141. The van der Waals surface area contributed by atoms with Gasteiger partial charge in [0.05, 0.1) is 11.6 Å². The number of benzene rings is 3. The second-order valence-corrected chi connectivity index (χ2v) is 7.78. The van der Waals surface area contributed by atoms with Gasteiger partial charge in [-0.25, -0.2) is 0 Å². The third kappa shape index (κ3) is 3.41. The number of hydrogen-bond donors (Lipinski definition) is 1. The molecule has 0 saturated heterocycles. The van der Waals surface area contributed by atoms with Crippen LogP contribution < -0.4 is 4.74 Å². The molecule has 0 bridgehead atoms. The highest BCUT2D eigenvalue weighted by atomic mass is 16.5. The number of fused-ring (bicyclic) bond motifs is 1. The van der Waals surface area contributed by atoms with Gasteiger partial charge in [-0.05, 0) is 30.5 Å². The molecule has 4 nitrogen and oxygen atoms in total. The van der Waals surface area contributed by atoms with Crippen molar-refractivity contribution in [2.24, 2.45) is 5.92 Å². The molecule has 0 radical (unpaired) electrons. The number of nitrogens with one attached hydrogen (secondary N) is 1. The fourth-order valence-electron chi connectivity index (χ4n) is 4.23. The Bertz CT molecular complexity index is 1180. The number of aromatic nitrogens is 2. The quantitative estimate of drug-likeness (QED) is 0.478. The highest BCUT2D eigenvalue weighted by molar-refractivity contribution is 5.80. The minimum atomic E-state index is -0.326. The molecule has 1 N–H and O–H groups in total. The van der Waals surface area contributed by atoms with Crippen molar-refractivity contribution in [3.8, 4) is 17.3 Å². The van der Waals surface area contributed by atoms with E-state index in [1.807, 2.05) is 48.5 Å². The van der Waals surface area contributed by atoms with Gasteiger partial charge in [0.2, 0.25) is 5.88 Å². The Kier molecular flexibility index (Phi) is 4.68. The first-order chi connectivity index (χ1) is 14.7. The molecule has 3 aromatic carbocycles. The molecule has 2 heterocycles. The second-order valence-electron chi connectivity index (χ2n) is 7.78. The minimum absolute atomic E-state index is 0.145. The van der Waals surface area contributed by atoms with Crippen molar-refractivity contribution in [1.82, 2.24) is 9.97 Å². The van der Waals surface area contributed by atoms with Crippen LogP contribution in [0, 0.1) is 12.8 Å². The molecule has 2 atom stereocenters. The Morgan fingerprint density at radius 1 is 0.933 bits per heavy atom. The number of aryl methyl sites for hydroxylation is 1. The van der Waals surface area contributed by atoms with Crippen LogP contribution in [0.4, 0.5) is 0 Å². The Hall–Kier alpha value is -3.66. The summed E-state index contributed by atoms with van der Waals surface area (Å²) < 4.78 is 5.72. The van der Waals surface area contributed by atoms with Gasteiger partial charge in [-0.3, -0.25) is 4.79 Å². The van der Waals surface area contributed by atoms with E-state index in [4.69, 9.17) is 4.74 Å². The van der Waals surface area contributed by atoms with Gasteiger partial charge in [-0.15, -0.1) is 0 Å². The smallest absolute Gasteiger partial charge is 0.317 e. The average molecular weight is 394 g/mol. The van der Waals surface area contributed by atoms with Gasteiger partial charge in [0.1, 0.15) is 5.82 Å². The third-order valence-electron chi connectivity index (χ3n) is 5.66. The van der Waals surface area contributed by atoms with E-state index in [1.54, 1.807) is 0 Å². The van der Waals surface area contributed by atoms with Crippen LogP contribution in [0.15, 0.2) is 84.9 Å². The van der Waals surface area contributed by atoms with Crippen molar-refractivity contribution >= 4 is 5.97 Å². The van der Waals surface area contributed by atoms with Crippen molar-refractivity contribution in [2.45, 2.75) is 19.3 Å². The molecule has 1 aliphatic rings. The molecule has 4 heteroatoms. The number of carbonyl (C=O) groups excluding carboxylic acids is 1. The number of imidazole rings is 1. The van der Waals surface area contributed by atoms with Gasteiger partial charge in [0.25, 0.3) is 0 Å². The van der Waals surface area contributed by atoms with Crippen molar-refractivity contribution in [3.05, 3.63) is 107 Å². The first kappa shape index (κ1) is 18.4. The first-order valence-corrected chi connectivity index (χ1v) is 10.2. The lowest BCUT2D eigenvalue weighted by atomic mass is 9.79. The molecule has 0 saturated carbocycles. The van der Waals surface area contributed by atoms with Gasteiger partial charge in [0.15, 0.2) is 0 Å². The molecule has 4 aromatic rings. The molecular weight excluding hydrogens is 372 g/mol. The van der Waals surface area contributed by atoms with E-state index >= 15 is 0 Å². The number of hydrogen-bond acceptors (Lipinski definition) is 3. The Morgan fingerprint density at radius 3 is 2.40 bits per heavy atom. The molecule has 0 fully saturated rings. The normalized spacial score (nSPS) is 18.0. The van der Waals surface area contributed by atoms with Crippen molar-refractivity contribution < 1.29 is 9.53 Å². The van der Waals surface area contributed by atoms with Gasteiger partial charge < -0.3 is 9.72 Å². The molecule has 1 aliphatic heterocycles. The van der Waals surface area contributed by atoms with Crippen molar-refractivity contribution in [1.29, 1.82) is 0 Å². The predicted octanol–water partition coefficient (Wildman–Crippen LogP) is 5.29. The maximum absolute atomic E-state index is 13.1. The van der Waals surface area contributed by atoms with E-state index < -0.39 is 0 Å². The largest absolute Gasteiger partial charge is 0.405 e. The van der Waals surface area contributed by atoms with Crippen LogP contribution in [-0.4, -0.2) is 15.9 Å². The molecule has 30 heavy (non-hydrogen) atoms. The monoisotopic (exact) mass is 394 g/mol. The minimum Gasteiger partial charge on any atom is -0.405 e. The number of nitrogens with zero attached hydrogens (tertiary/aromatic N) is 1. The maximum Gasteiger partial charge on any atom is 0.317 e. The van der Waals surface area contributed by atoms with Gasteiger partial charge in [-0.1, -0.05) is 84.4 Å². The van der Waals surface area contributed by atoms with E-state index in [-0.39, 0.29) is 17.8 Å². The number of esters is 1. The van der Waals surface area contributed by atoms with Crippen LogP contribution in [0.5, 0.6) is 5.88 Å². The Labute approximate surface area is 175 Å². The van der Waals surface area contributed by atoms with Crippen LogP contribution in [0.2, 0.25) is 0 Å². The fraction of sp³-hybridized carbons (Fsp3) is 0.154. The van der Waals surface area contributed by atoms with E-state index in [9.17, 15) is 4.79 Å². The summed E-state index contributed by atoms with van der Waals surface area (Å²) in [6, 6.07) is 28.4. The van der Waals surface area contributed by atoms with Crippen LogP contribution >= 0.6 is 0 Å². The zero-order valence-electron chi connectivity index (χ0n) is 16.7. The van der Waals surface area contributed by atoms with Gasteiger partial charge in [0, 0.05) is 11.5 Å². The predicted molar refractivity (Wildman–Crippen MR) is 116 cm³/mol. The number of carbonyl (C=O) groups is 1. The SMILES string of the molecule is Cc1cccc(-c2nc3c([nH]2)[C@H](c2ccccc2)[C@H](Cc2ccccc2)C(=O)O3)c1. The summed E-state index contributed by atoms with van der Waals surface area (Å²) in [4.78, 5) is 21.2. The number of aromatic amines is 1. The lowest BCUT2D eigenvalue weighted by Crippen LogP contribution is -2.34. The van der Waals surface area contributed by atoms with E-state index in [2.05, 4.69) is 53.3 Å². The number of rotatable bonds is 4. The van der Waals surface area contributed by atoms with Crippen LogP contribution in [0.25, 0.3) is 11.4 Å². The highest BCUT2D eigenvalue weighted by Crippen LogP contribution is 2.43. The lowest BCUT2D eigenvalue weighted by Gasteiger charge is -2.29. The summed E-state index contributed by atoms with van der Waals surface area (Å²) in [7, 11) is 0. The maximum atomic E-state index is 13.1. The summed E-state index contributed by atoms with van der Waals surface area (Å²) in [5.74, 6) is 0.400. The zero-order valence-corrected chi connectivity index (χ0v) is 16.7. The summed E-state index contributed by atoms with van der Waals surface area (Å²) in [5.41, 5.74) is 5.18. The molecule has 0 aliphatic carbocycles. The molecule has 5 rings (SSSR count). The first-order valence-electron chi connectivity index (χ1n) is 10.2. The Morgan fingerprint density at radius 2 is 1.67 bits per heavy atom. The summed E-state index contributed by atoms with van der Waals surface area (Å²) in [6.45, 7) is 2.05. The highest BCUT2D eigenvalue weighted by Gasteiger charge is 2.41. The molecular formula is C26H22N2O2. The van der Waals surface area contributed by atoms with Crippen LogP contribution in [0.3, 0.4) is 0 Å². The van der Waals surface area contributed by atoms with Gasteiger partial charge >= 0.3 is 5.97 Å². The molecule has 1 aromatic heterocycles. The summed E-state index contributed by atoms with van der Waals surface area (Å²) >= 11 is 0. The van der Waals surface area contributed by atoms with Crippen LogP contribution in [-0.2, 0) is 11.2 Å². The van der Waals surface area contributed by atoms with E-state index in [0.29, 0.717) is 12.3 Å². The molecule has 0 spiro atoms. The zero-order chi connectivity index (χ0) is 20.5. The second kappa shape index (κ2) is 7.64. The molecule has 148 valence electrons. The van der Waals surface area contributed by atoms with E-state index in [1.165, 1.54) is 0 Å². The van der Waals surface area contributed by atoms with E-state index in [0.717, 1.165) is 33.8 Å². The van der Waals surface area contributed by atoms with Gasteiger partial charge in [-0.2, -0.15) is 4.98 Å². The summed E-state index contributed by atoms with van der Waals surface area (Å²) in [6.07, 6.45) is 0.609. The Balaban J connectivity index is 1.61. The number of H-pyrrole nitrogens is 1. The standard InChI is InChI=1S/C26H22N2O2/c1-17-9-8-14-20(15-17)24-27-23-22(19-12-6-3-7-13-19)21(26(29)30-25(23)28-24)16-18-10-4-2-5-11-18/h2-15,21-22H,16H2,1H3,(H,27,28)/t21-,22+/m0/s1. The average Bonchev–Trinajstić information content (AvgIpc) is 3.19. The third-order valence-corrected chi connectivity index (χ3v) is 5.66.